The molecule has 0 aliphatic carbocycles. The fraction of sp³-hybridized carbons (Fsp3) is 0.429. The number of furan rings is 1. The van der Waals surface area contributed by atoms with Crippen LogP contribution in [0.4, 0.5) is 0 Å². The van der Waals surface area contributed by atoms with Crippen molar-refractivity contribution in [1.82, 2.24) is 15.1 Å². The van der Waals surface area contributed by atoms with Gasteiger partial charge in [0.1, 0.15) is 12.3 Å². The number of benzene rings is 1. The van der Waals surface area contributed by atoms with Crippen LogP contribution in [0.25, 0.3) is 0 Å². The quantitative estimate of drug-likeness (QED) is 0.588. The van der Waals surface area contributed by atoms with Crippen LogP contribution in [0.1, 0.15) is 34.4 Å². The highest BCUT2D eigenvalue weighted by Crippen LogP contribution is 2.12. The van der Waals surface area contributed by atoms with Gasteiger partial charge in [-0.2, -0.15) is 0 Å². The first-order valence-electron chi connectivity index (χ1n) is 9.75. The number of piperazine rings is 1. The van der Waals surface area contributed by atoms with Gasteiger partial charge in [0.2, 0.25) is 0 Å². The number of aryl methyl sites for hydroxylation is 1. The number of hydrogen-bond donors (Lipinski definition) is 2. The average Bonchev–Trinajstić information content (AvgIpc) is 3.15. The summed E-state index contributed by atoms with van der Waals surface area (Å²) in [5.41, 5.74) is 7.89. The van der Waals surface area contributed by atoms with Crippen molar-refractivity contribution in [2.75, 3.05) is 32.7 Å². The number of rotatable bonds is 6. The predicted molar refractivity (Wildman–Crippen MR) is 110 cm³/mol. The second kappa shape index (κ2) is 9.41. The summed E-state index contributed by atoms with van der Waals surface area (Å²) in [7, 11) is 0. The largest absolute Gasteiger partial charge is 0.454 e. The highest BCUT2D eigenvalue weighted by Gasteiger charge is 2.20. The smallest absolute Gasteiger partial charge is 0.284 e. The Bertz CT molecular complexity index is 822. The number of hydrogen-bond acceptors (Lipinski definition) is 4. The standard InChI is InChI=1S/C21H29N5O2/c1-3-23-21(24-14-18-7-8-19(28-18)20(22)27)26-11-9-25(10-12-26)15-17-6-4-5-16(2)13-17/h4-8,13H,3,9-12,14-15H2,1-2H3,(H2,22,27)(H,23,24). The minimum absolute atomic E-state index is 0.167. The number of guanidine groups is 1. The van der Waals surface area contributed by atoms with Gasteiger partial charge in [-0.15, -0.1) is 0 Å². The zero-order chi connectivity index (χ0) is 19.9. The maximum Gasteiger partial charge on any atom is 0.284 e. The van der Waals surface area contributed by atoms with Crippen molar-refractivity contribution < 1.29 is 9.21 Å². The summed E-state index contributed by atoms with van der Waals surface area (Å²) in [6.07, 6.45) is 0. The maximum atomic E-state index is 11.1. The minimum Gasteiger partial charge on any atom is -0.454 e. The highest BCUT2D eigenvalue weighted by molar-refractivity contribution is 5.89. The van der Waals surface area contributed by atoms with E-state index in [0.29, 0.717) is 12.3 Å². The van der Waals surface area contributed by atoms with Crippen LogP contribution >= 0.6 is 0 Å². The molecule has 1 aromatic heterocycles. The zero-order valence-corrected chi connectivity index (χ0v) is 16.6. The molecule has 0 bridgehead atoms. The molecule has 7 heteroatoms. The summed E-state index contributed by atoms with van der Waals surface area (Å²) in [5.74, 6) is 1.10. The lowest BCUT2D eigenvalue weighted by atomic mass is 10.1. The predicted octanol–water partition coefficient (Wildman–Crippen LogP) is 1.97. The fourth-order valence-corrected chi connectivity index (χ4v) is 3.36. The summed E-state index contributed by atoms with van der Waals surface area (Å²) >= 11 is 0. The molecule has 1 amide bonds. The number of nitrogens with one attached hydrogen (secondary N) is 1. The Morgan fingerprint density at radius 3 is 2.64 bits per heavy atom. The first-order valence-corrected chi connectivity index (χ1v) is 9.75. The van der Waals surface area contributed by atoms with Crippen molar-refractivity contribution in [3.63, 3.8) is 0 Å². The molecule has 1 saturated heterocycles. The minimum atomic E-state index is -0.563. The third-order valence-corrected chi connectivity index (χ3v) is 4.78. The van der Waals surface area contributed by atoms with Gasteiger partial charge in [-0.3, -0.25) is 9.69 Å². The first-order chi connectivity index (χ1) is 13.5. The molecular weight excluding hydrogens is 354 g/mol. The maximum absolute atomic E-state index is 11.1. The van der Waals surface area contributed by atoms with Crippen molar-refractivity contribution in [2.45, 2.75) is 26.9 Å². The van der Waals surface area contributed by atoms with Crippen LogP contribution in [-0.4, -0.2) is 54.4 Å². The number of carbonyl (C=O) groups excluding carboxylic acids is 1. The third-order valence-electron chi connectivity index (χ3n) is 4.78. The molecule has 1 aromatic carbocycles. The van der Waals surface area contributed by atoms with Gasteiger partial charge in [0, 0.05) is 39.3 Å². The topological polar surface area (TPSA) is 87.1 Å². The van der Waals surface area contributed by atoms with Crippen molar-refractivity contribution in [3.8, 4) is 0 Å². The van der Waals surface area contributed by atoms with Crippen LogP contribution in [0.5, 0.6) is 0 Å². The van der Waals surface area contributed by atoms with Crippen molar-refractivity contribution in [1.29, 1.82) is 0 Å². The Hall–Kier alpha value is -2.80. The molecule has 2 aromatic rings. The molecule has 0 atom stereocenters. The Labute approximate surface area is 166 Å². The molecule has 28 heavy (non-hydrogen) atoms. The molecule has 7 nitrogen and oxygen atoms in total. The fourth-order valence-electron chi connectivity index (χ4n) is 3.36. The number of carbonyl (C=O) groups is 1. The van der Waals surface area contributed by atoms with Gasteiger partial charge in [0.15, 0.2) is 11.7 Å². The zero-order valence-electron chi connectivity index (χ0n) is 16.6. The number of primary amides is 1. The summed E-state index contributed by atoms with van der Waals surface area (Å²) in [6.45, 7) is 10.2. The van der Waals surface area contributed by atoms with E-state index < -0.39 is 5.91 Å². The molecule has 0 radical (unpaired) electrons. The normalized spacial score (nSPS) is 15.6. The van der Waals surface area contributed by atoms with E-state index in [1.54, 1.807) is 12.1 Å². The summed E-state index contributed by atoms with van der Waals surface area (Å²) in [4.78, 5) is 20.6. The van der Waals surface area contributed by atoms with Crippen molar-refractivity contribution in [2.24, 2.45) is 10.7 Å². The van der Waals surface area contributed by atoms with Crippen molar-refractivity contribution in [3.05, 3.63) is 59.0 Å². The van der Waals surface area contributed by atoms with Crippen LogP contribution in [0.2, 0.25) is 0 Å². The van der Waals surface area contributed by atoms with E-state index in [4.69, 9.17) is 10.2 Å². The molecule has 0 spiro atoms. The third kappa shape index (κ3) is 5.36. The molecule has 150 valence electrons. The second-order valence-electron chi connectivity index (χ2n) is 7.05. The monoisotopic (exact) mass is 383 g/mol. The van der Waals surface area contributed by atoms with E-state index in [1.807, 2.05) is 0 Å². The summed E-state index contributed by atoms with van der Waals surface area (Å²) < 4.78 is 5.42. The van der Waals surface area contributed by atoms with E-state index in [2.05, 4.69) is 58.2 Å². The number of amides is 1. The summed E-state index contributed by atoms with van der Waals surface area (Å²) in [6, 6.07) is 12.0. The number of nitrogens with zero attached hydrogens (tertiary/aromatic N) is 3. The molecule has 1 aliphatic rings. The van der Waals surface area contributed by atoms with E-state index >= 15 is 0 Å². The van der Waals surface area contributed by atoms with Crippen molar-refractivity contribution >= 4 is 11.9 Å². The lowest BCUT2D eigenvalue weighted by Gasteiger charge is -2.36. The van der Waals surface area contributed by atoms with E-state index in [9.17, 15) is 4.79 Å². The van der Waals surface area contributed by atoms with Gasteiger partial charge in [0.05, 0.1) is 0 Å². The highest BCUT2D eigenvalue weighted by atomic mass is 16.3. The molecule has 2 heterocycles. The Morgan fingerprint density at radius 2 is 2.00 bits per heavy atom. The van der Waals surface area contributed by atoms with E-state index in [-0.39, 0.29) is 5.76 Å². The second-order valence-corrected chi connectivity index (χ2v) is 7.05. The van der Waals surface area contributed by atoms with Gasteiger partial charge in [0.25, 0.3) is 5.91 Å². The number of aliphatic imine (C=N–C) groups is 1. The first kappa shape index (κ1) is 19.9. The molecule has 0 saturated carbocycles. The van der Waals surface area contributed by atoms with Crippen LogP contribution in [0, 0.1) is 6.92 Å². The van der Waals surface area contributed by atoms with Crippen LogP contribution in [0.3, 0.4) is 0 Å². The average molecular weight is 383 g/mol. The van der Waals surface area contributed by atoms with Gasteiger partial charge < -0.3 is 20.4 Å². The summed E-state index contributed by atoms with van der Waals surface area (Å²) in [5, 5.41) is 3.35. The van der Waals surface area contributed by atoms with Gasteiger partial charge >= 0.3 is 0 Å². The molecule has 0 unspecified atom stereocenters. The lowest BCUT2D eigenvalue weighted by molar-refractivity contribution is 0.0972. The van der Waals surface area contributed by atoms with Crippen LogP contribution in [0.15, 0.2) is 45.8 Å². The lowest BCUT2D eigenvalue weighted by Crippen LogP contribution is -2.52. The van der Waals surface area contributed by atoms with Crippen LogP contribution in [-0.2, 0) is 13.1 Å². The number of nitrogens with two attached hydrogens (primary N) is 1. The molecule has 3 rings (SSSR count). The Balaban J connectivity index is 1.56. The van der Waals surface area contributed by atoms with Gasteiger partial charge in [-0.05, 0) is 31.5 Å². The molecular formula is C21H29N5O2. The molecule has 1 fully saturated rings. The van der Waals surface area contributed by atoms with E-state index in [1.165, 1.54) is 11.1 Å². The van der Waals surface area contributed by atoms with Crippen LogP contribution < -0.4 is 11.1 Å². The van der Waals surface area contributed by atoms with E-state index in [0.717, 1.165) is 45.2 Å². The Morgan fingerprint density at radius 1 is 1.21 bits per heavy atom. The Kier molecular flexibility index (Phi) is 6.71. The molecule has 1 aliphatic heterocycles. The molecule has 3 N–H and O–H groups in total. The van der Waals surface area contributed by atoms with Gasteiger partial charge in [-0.25, -0.2) is 4.99 Å². The SMILES string of the molecule is CCNC(=NCc1ccc(C(N)=O)o1)N1CCN(Cc2cccc(C)c2)CC1. The van der Waals surface area contributed by atoms with Gasteiger partial charge in [-0.1, -0.05) is 29.8 Å².